The molecule has 0 bridgehead atoms. The molecule has 1 aliphatic carbocycles. The average molecular weight is 531 g/mol. The van der Waals surface area contributed by atoms with Gasteiger partial charge in [0.2, 0.25) is 0 Å². The zero-order chi connectivity index (χ0) is 20.7. The number of nitrogens with zero attached hydrogens (tertiary/aromatic N) is 4. The number of nitrogens with one attached hydrogen (secondary N) is 1. The molecule has 5 rings (SSSR count). The molecule has 0 radical (unpaired) electrons. The smallest absolute Gasteiger partial charge is 0.328 e. The van der Waals surface area contributed by atoms with Crippen molar-refractivity contribution in [3.05, 3.63) is 76.4 Å². The van der Waals surface area contributed by atoms with E-state index in [1.807, 2.05) is 24.1 Å². The summed E-state index contributed by atoms with van der Waals surface area (Å²) < 4.78 is 7.60. The average Bonchev–Trinajstić information content (AvgIpc) is 3.33. The molecule has 1 fully saturated rings. The van der Waals surface area contributed by atoms with Gasteiger partial charge in [0.15, 0.2) is 5.82 Å². The second-order valence-corrected chi connectivity index (χ2v) is 9.07. The Hall–Kier alpha value is -2.40. The molecule has 1 saturated carbocycles. The second kappa shape index (κ2) is 8.03. The van der Waals surface area contributed by atoms with Gasteiger partial charge in [-0.25, -0.2) is 14.8 Å². The summed E-state index contributed by atoms with van der Waals surface area (Å²) in [6.45, 7) is 0. The molecule has 0 amide bonds. The SMILES string of the molecule is Cn1cnc(-c2ccc([C@H]3C[C@@H]3c3noc(=O)[nH]3)cc2)c1Sc1ccc(CI)cn1. The number of aromatic amines is 1. The highest BCUT2D eigenvalue weighted by molar-refractivity contribution is 14.1. The van der Waals surface area contributed by atoms with Crippen LogP contribution in [0.15, 0.2) is 68.3 Å². The number of alkyl halides is 1. The van der Waals surface area contributed by atoms with Gasteiger partial charge < -0.3 is 4.57 Å². The van der Waals surface area contributed by atoms with Crippen LogP contribution in [0.2, 0.25) is 0 Å². The van der Waals surface area contributed by atoms with Crippen molar-refractivity contribution in [2.45, 2.75) is 32.7 Å². The van der Waals surface area contributed by atoms with Crippen molar-refractivity contribution in [1.82, 2.24) is 24.7 Å². The fraction of sp³-hybridized carbons (Fsp3) is 0.238. The first-order valence-corrected chi connectivity index (χ1v) is 11.8. The minimum Gasteiger partial charge on any atom is -0.328 e. The van der Waals surface area contributed by atoms with Crippen molar-refractivity contribution in [3.63, 3.8) is 0 Å². The van der Waals surface area contributed by atoms with Crippen molar-refractivity contribution in [2.75, 3.05) is 0 Å². The monoisotopic (exact) mass is 531 g/mol. The lowest BCUT2D eigenvalue weighted by molar-refractivity contribution is 0.381. The van der Waals surface area contributed by atoms with Gasteiger partial charge in [0, 0.05) is 29.2 Å². The Kier molecular flexibility index (Phi) is 5.23. The molecule has 152 valence electrons. The Bertz CT molecular complexity index is 1230. The van der Waals surface area contributed by atoms with E-state index in [2.05, 4.69) is 83.6 Å². The number of pyridine rings is 1. The maximum Gasteiger partial charge on any atom is 0.438 e. The summed E-state index contributed by atoms with van der Waals surface area (Å²) in [5, 5.41) is 5.83. The van der Waals surface area contributed by atoms with E-state index >= 15 is 0 Å². The van der Waals surface area contributed by atoms with E-state index in [0.717, 1.165) is 32.2 Å². The first kappa shape index (κ1) is 19.6. The molecule has 0 saturated heterocycles. The summed E-state index contributed by atoms with van der Waals surface area (Å²) in [6.07, 6.45) is 4.72. The molecule has 2 atom stereocenters. The first-order chi connectivity index (χ1) is 14.6. The van der Waals surface area contributed by atoms with Gasteiger partial charge in [-0.3, -0.25) is 9.51 Å². The van der Waals surface area contributed by atoms with E-state index in [4.69, 9.17) is 0 Å². The van der Waals surface area contributed by atoms with Crippen LogP contribution in [0.1, 0.15) is 35.2 Å². The van der Waals surface area contributed by atoms with E-state index in [9.17, 15) is 4.79 Å². The van der Waals surface area contributed by atoms with Crippen LogP contribution in [-0.4, -0.2) is 24.7 Å². The summed E-state index contributed by atoms with van der Waals surface area (Å²) in [4.78, 5) is 23.0. The molecule has 0 aliphatic heterocycles. The number of halogens is 1. The molecule has 30 heavy (non-hydrogen) atoms. The highest BCUT2D eigenvalue weighted by Gasteiger charge is 2.42. The van der Waals surface area contributed by atoms with Crippen LogP contribution in [0.5, 0.6) is 0 Å². The summed E-state index contributed by atoms with van der Waals surface area (Å²) >= 11 is 3.96. The molecule has 1 N–H and O–H groups in total. The Balaban J connectivity index is 1.35. The lowest BCUT2D eigenvalue weighted by Crippen LogP contribution is -1.96. The van der Waals surface area contributed by atoms with E-state index < -0.39 is 5.76 Å². The predicted octanol–water partition coefficient (Wildman–Crippen LogP) is 4.52. The largest absolute Gasteiger partial charge is 0.438 e. The number of aryl methyl sites for hydroxylation is 1. The zero-order valence-corrected chi connectivity index (χ0v) is 19.1. The van der Waals surface area contributed by atoms with Crippen LogP contribution in [0.3, 0.4) is 0 Å². The van der Waals surface area contributed by atoms with Crippen LogP contribution in [0.25, 0.3) is 11.3 Å². The lowest BCUT2D eigenvalue weighted by Gasteiger charge is -2.07. The van der Waals surface area contributed by atoms with E-state index in [-0.39, 0.29) is 5.92 Å². The Morgan fingerprint density at radius 1 is 1.20 bits per heavy atom. The first-order valence-electron chi connectivity index (χ1n) is 9.48. The van der Waals surface area contributed by atoms with Gasteiger partial charge >= 0.3 is 5.76 Å². The van der Waals surface area contributed by atoms with Crippen molar-refractivity contribution >= 4 is 34.4 Å². The van der Waals surface area contributed by atoms with E-state index in [1.54, 1.807) is 11.8 Å². The normalized spacial score (nSPS) is 17.9. The molecule has 9 heteroatoms. The van der Waals surface area contributed by atoms with Gasteiger partial charge in [-0.05, 0) is 41.3 Å². The molecule has 1 aromatic carbocycles. The highest BCUT2D eigenvalue weighted by atomic mass is 127. The number of imidazole rings is 1. The van der Waals surface area contributed by atoms with Crippen molar-refractivity contribution < 1.29 is 4.52 Å². The standard InChI is InChI=1S/C21H18IN5O2S/c1-27-11-24-18(20(27)30-17-7-2-12(9-22)10-23-17)14-5-3-13(4-6-14)15-8-16(15)19-25-21(28)29-26-19/h2-7,10-11,15-16H,8-9H2,1H3,(H,25,26,28)/t15-,16+/m1/s1. The van der Waals surface area contributed by atoms with Crippen LogP contribution in [0.4, 0.5) is 0 Å². The van der Waals surface area contributed by atoms with Crippen LogP contribution < -0.4 is 5.76 Å². The van der Waals surface area contributed by atoms with Gasteiger partial charge in [0.25, 0.3) is 0 Å². The second-order valence-electron chi connectivity index (χ2n) is 7.30. The third-order valence-corrected chi connectivity index (χ3v) is 7.25. The van der Waals surface area contributed by atoms with E-state index in [1.165, 1.54) is 11.1 Å². The van der Waals surface area contributed by atoms with Crippen molar-refractivity contribution in [1.29, 1.82) is 0 Å². The molecule has 1 aliphatic rings. The molecular weight excluding hydrogens is 513 g/mol. The van der Waals surface area contributed by atoms with Gasteiger partial charge in [0.1, 0.15) is 15.7 Å². The fourth-order valence-electron chi connectivity index (χ4n) is 3.54. The van der Waals surface area contributed by atoms with Gasteiger partial charge in [-0.15, -0.1) is 0 Å². The summed E-state index contributed by atoms with van der Waals surface area (Å²) in [5.74, 6) is 0.723. The van der Waals surface area contributed by atoms with Crippen molar-refractivity contribution in [2.24, 2.45) is 7.05 Å². The number of hydrogen-bond donors (Lipinski definition) is 1. The molecule has 3 aromatic heterocycles. The van der Waals surface area contributed by atoms with Crippen LogP contribution >= 0.6 is 34.4 Å². The van der Waals surface area contributed by atoms with Crippen LogP contribution in [0, 0.1) is 0 Å². The molecule has 0 spiro atoms. The topological polar surface area (TPSA) is 89.6 Å². The quantitative estimate of drug-likeness (QED) is 0.291. The third kappa shape index (κ3) is 3.83. The number of H-pyrrole nitrogens is 1. The molecule has 7 nitrogen and oxygen atoms in total. The highest BCUT2D eigenvalue weighted by Crippen LogP contribution is 2.53. The molecule has 3 heterocycles. The lowest BCUT2D eigenvalue weighted by atomic mass is 10.1. The summed E-state index contributed by atoms with van der Waals surface area (Å²) in [7, 11) is 2.00. The predicted molar refractivity (Wildman–Crippen MR) is 122 cm³/mol. The Labute approximate surface area is 190 Å². The summed E-state index contributed by atoms with van der Waals surface area (Å²) in [6, 6.07) is 12.6. The number of rotatable bonds is 6. The van der Waals surface area contributed by atoms with Crippen LogP contribution in [-0.2, 0) is 11.5 Å². The molecule has 4 aromatic rings. The van der Waals surface area contributed by atoms with Crippen molar-refractivity contribution in [3.8, 4) is 11.3 Å². The maximum absolute atomic E-state index is 11.2. The minimum absolute atomic E-state index is 0.222. The maximum atomic E-state index is 11.2. The minimum atomic E-state index is -0.496. The third-order valence-electron chi connectivity index (χ3n) is 5.25. The van der Waals surface area contributed by atoms with Gasteiger partial charge in [0.05, 0.1) is 6.33 Å². The number of hydrogen-bond acceptors (Lipinski definition) is 6. The Morgan fingerprint density at radius 2 is 2.03 bits per heavy atom. The Morgan fingerprint density at radius 3 is 2.70 bits per heavy atom. The summed E-state index contributed by atoms with van der Waals surface area (Å²) in [5.41, 5.74) is 4.46. The molecular formula is C21H18IN5O2S. The fourth-order valence-corrected chi connectivity index (χ4v) is 4.89. The van der Waals surface area contributed by atoms with Gasteiger partial charge in [-0.1, -0.05) is 58.1 Å². The number of benzene rings is 1. The molecule has 0 unspecified atom stereocenters. The number of aromatic nitrogens is 5. The van der Waals surface area contributed by atoms with Gasteiger partial charge in [-0.2, -0.15) is 0 Å². The zero-order valence-electron chi connectivity index (χ0n) is 16.1. The van der Waals surface area contributed by atoms with E-state index in [0.29, 0.717) is 11.7 Å².